The molecule has 1 aromatic rings. The molecule has 0 radical (unpaired) electrons. The maximum absolute atomic E-state index is 11.5. The van der Waals surface area contributed by atoms with Gasteiger partial charge in [-0.1, -0.05) is 32.6 Å². The number of urea groups is 1. The summed E-state index contributed by atoms with van der Waals surface area (Å²) in [5.41, 5.74) is 5.55. The Kier molecular flexibility index (Phi) is 7.16. The number of nitrogens with zero attached hydrogens (tertiary/aromatic N) is 1. The maximum atomic E-state index is 11.5. The number of aliphatic imine (C=N–C) groups is 1. The number of nitrogens with one attached hydrogen (secondary N) is 2. The molecule has 0 unspecified atom stereocenters. The van der Waals surface area contributed by atoms with Crippen molar-refractivity contribution in [3.63, 3.8) is 0 Å². The van der Waals surface area contributed by atoms with E-state index in [1.807, 2.05) is 0 Å². The van der Waals surface area contributed by atoms with Gasteiger partial charge in [-0.05, 0) is 12.5 Å². The number of carbonyl (C=O) groups excluding carboxylic acids is 1. The predicted molar refractivity (Wildman–Crippen MR) is 75.3 cm³/mol. The van der Waals surface area contributed by atoms with Crippen LogP contribution < -0.4 is 16.4 Å². The van der Waals surface area contributed by atoms with Crippen molar-refractivity contribution in [2.45, 2.75) is 39.0 Å². The van der Waals surface area contributed by atoms with Crippen LogP contribution in [0.3, 0.4) is 0 Å². The molecule has 106 valence electrons. The Balaban J connectivity index is 2.13. The van der Waals surface area contributed by atoms with Crippen LogP contribution in [-0.4, -0.2) is 18.5 Å². The normalized spacial score (nSPS) is 11.3. The number of carbonyl (C=O) groups is 1. The summed E-state index contributed by atoms with van der Waals surface area (Å²) in [7, 11) is 0. The zero-order valence-electron chi connectivity index (χ0n) is 11.3. The molecule has 0 aliphatic carbocycles. The van der Waals surface area contributed by atoms with Crippen LogP contribution in [0.4, 0.5) is 10.7 Å². The largest absolute Gasteiger partial charge is 0.447 e. The number of hydrogen-bond donors (Lipinski definition) is 3. The molecule has 19 heavy (non-hydrogen) atoms. The van der Waals surface area contributed by atoms with Gasteiger partial charge in [-0.3, -0.25) is 5.32 Å². The number of rotatable bonds is 7. The lowest BCUT2D eigenvalue weighted by atomic mass is 10.1. The molecule has 0 bridgehead atoms. The Hall–Kier alpha value is -1.98. The van der Waals surface area contributed by atoms with Crippen molar-refractivity contribution in [3.05, 3.63) is 18.4 Å². The van der Waals surface area contributed by atoms with Crippen LogP contribution in [0.5, 0.6) is 0 Å². The van der Waals surface area contributed by atoms with E-state index in [9.17, 15) is 4.79 Å². The van der Waals surface area contributed by atoms with E-state index in [1.165, 1.54) is 25.5 Å². The molecule has 0 fully saturated rings. The van der Waals surface area contributed by atoms with Gasteiger partial charge in [-0.25, -0.2) is 4.79 Å². The van der Waals surface area contributed by atoms with E-state index >= 15 is 0 Å². The number of amides is 2. The van der Waals surface area contributed by atoms with E-state index in [1.54, 1.807) is 12.1 Å². The molecule has 1 aromatic heterocycles. The van der Waals surface area contributed by atoms with Gasteiger partial charge in [0.15, 0.2) is 0 Å². The van der Waals surface area contributed by atoms with Crippen LogP contribution in [-0.2, 0) is 0 Å². The molecule has 1 heterocycles. The molecular formula is C13H22N4O2. The predicted octanol–water partition coefficient (Wildman–Crippen LogP) is 2.50. The Morgan fingerprint density at radius 3 is 2.84 bits per heavy atom. The number of furan rings is 1. The highest BCUT2D eigenvalue weighted by Gasteiger charge is 2.02. The highest BCUT2D eigenvalue weighted by molar-refractivity contribution is 5.96. The molecule has 0 saturated heterocycles. The lowest BCUT2D eigenvalue weighted by Gasteiger charge is -2.06. The molecule has 4 N–H and O–H groups in total. The average Bonchev–Trinajstić information content (AvgIpc) is 2.86. The van der Waals surface area contributed by atoms with E-state index in [4.69, 9.17) is 10.2 Å². The summed E-state index contributed by atoms with van der Waals surface area (Å²) in [6.07, 6.45) is 7.26. The molecule has 0 aliphatic rings. The molecule has 0 atom stereocenters. The third kappa shape index (κ3) is 7.13. The summed E-state index contributed by atoms with van der Waals surface area (Å²) in [4.78, 5) is 15.3. The summed E-state index contributed by atoms with van der Waals surface area (Å²) in [5, 5.41) is 5.17. The topological polar surface area (TPSA) is 92.7 Å². The van der Waals surface area contributed by atoms with Crippen molar-refractivity contribution in [2.75, 3.05) is 6.54 Å². The second-order valence-electron chi connectivity index (χ2n) is 4.24. The van der Waals surface area contributed by atoms with Crippen molar-refractivity contribution in [3.8, 4) is 0 Å². The van der Waals surface area contributed by atoms with Crippen molar-refractivity contribution < 1.29 is 9.21 Å². The Morgan fingerprint density at radius 2 is 2.16 bits per heavy atom. The standard InChI is InChI=1S/C13H22N4O2/c1-2-3-4-5-6-9-15-13(18)17-12(14)16-11-8-7-10-19-11/h7-8,10H,2-6,9H2,1H3,(H4,14,15,16,17,18). The first kappa shape index (κ1) is 15.1. The molecule has 1 rings (SSSR count). The summed E-state index contributed by atoms with van der Waals surface area (Å²) < 4.78 is 4.98. The van der Waals surface area contributed by atoms with Crippen LogP contribution in [0.1, 0.15) is 39.0 Å². The minimum absolute atomic E-state index is 0.0124. The molecule has 0 aromatic carbocycles. The second kappa shape index (κ2) is 9.02. The third-order valence-corrected chi connectivity index (χ3v) is 2.54. The van der Waals surface area contributed by atoms with E-state index in [0.717, 1.165) is 12.8 Å². The second-order valence-corrected chi connectivity index (χ2v) is 4.24. The number of unbranched alkanes of at least 4 members (excludes halogenated alkanes) is 4. The molecule has 0 saturated carbocycles. The Morgan fingerprint density at radius 1 is 1.37 bits per heavy atom. The van der Waals surface area contributed by atoms with Crippen molar-refractivity contribution in [1.82, 2.24) is 10.6 Å². The van der Waals surface area contributed by atoms with Gasteiger partial charge in [-0.15, -0.1) is 0 Å². The minimum Gasteiger partial charge on any atom is -0.447 e. The fourth-order valence-corrected chi connectivity index (χ4v) is 1.57. The number of nitrogens with two attached hydrogens (primary N) is 1. The summed E-state index contributed by atoms with van der Waals surface area (Å²) in [6, 6.07) is 3.01. The summed E-state index contributed by atoms with van der Waals surface area (Å²) in [6.45, 7) is 2.82. The zero-order chi connectivity index (χ0) is 13.9. The van der Waals surface area contributed by atoms with Crippen LogP contribution >= 0.6 is 0 Å². The Labute approximate surface area is 113 Å². The molecule has 6 heteroatoms. The Bertz CT molecular complexity index is 387. The third-order valence-electron chi connectivity index (χ3n) is 2.54. The monoisotopic (exact) mass is 266 g/mol. The van der Waals surface area contributed by atoms with Gasteiger partial charge in [-0.2, -0.15) is 4.99 Å². The van der Waals surface area contributed by atoms with Gasteiger partial charge < -0.3 is 15.5 Å². The lowest BCUT2D eigenvalue weighted by molar-refractivity contribution is 0.245. The van der Waals surface area contributed by atoms with Gasteiger partial charge in [0.1, 0.15) is 0 Å². The molecule has 0 spiro atoms. The molecule has 6 nitrogen and oxygen atoms in total. The van der Waals surface area contributed by atoms with Gasteiger partial charge >= 0.3 is 6.03 Å². The van der Waals surface area contributed by atoms with Crippen LogP contribution in [0.2, 0.25) is 0 Å². The van der Waals surface area contributed by atoms with Crippen LogP contribution in [0, 0.1) is 0 Å². The SMILES string of the molecule is CCCCCCCNC(=O)NC(N)=Nc1ccco1. The first-order valence-electron chi connectivity index (χ1n) is 6.65. The van der Waals surface area contributed by atoms with Crippen molar-refractivity contribution >= 4 is 17.9 Å². The zero-order valence-corrected chi connectivity index (χ0v) is 11.3. The van der Waals surface area contributed by atoms with E-state index in [0.29, 0.717) is 12.4 Å². The van der Waals surface area contributed by atoms with E-state index < -0.39 is 0 Å². The quantitative estimate of drug-likeness (QED) is 0.402. The van der Waals surface area contributed by atoms with E-state index in [-0.39, 0.29) is 12.0 Å². The van der Waals surface area contributed by atoms with Gasteiger partial charge in [0.05, 0.1) is 6.26 Å². The molecule has 2 amide bonds. The summed E-state index contributed by atoms with van der Waals surface area (Å²) >= 11 is 0. The fraction of sp³-hybridized carbons (Fsp3) is 0.538. The summed E-state index contributed by atoms with van der Waals surface area (Å²) in [5.74, 6) is 0.371. The first-order valence-corrected chi connectivity index (χ1v) is 6.65. The average molecular weight is 266 g/mol. The fourth-order valence-electron chi connectivity index (χ4n) is 1.57. The lowest BCUT2D eigenvalue weighted by Crippen LogP contribution is -2.43. The number of guanidine groups is 1. The first-order chi connectivity index (χ1) is 9.22. The molecular weight excluding hydrogens is 244 g/mol. The van der Waals surface area contributed by atoms with Crippen LogP contribution in [0.25, 0.3) is 0 Å². The van der Waals surface area contributed by atoms with E-state index in [2.05, 4.69) is 22.5 Å². The van der Waals surface area contributed by atoms with Crippen LogP contribution in [0.15, 0.2) is 27.8 Å². The van der Waals surface area contributed by atoms with Gasteiger partial charge in [0.2, 0.25) is 11.8 Å². The highest BCUT2D eigenvalue weighted by atomic mass is 16.3. The molecule has 0 aliphatic heterocycles. The minimum atomic E-state index is -0.344. The smallest absolute Gasteiger partial charge is 0.321 e. The maximum Gasteiger partial charge on any atom is 0.321 e. The van der Waals surface area contributed by atoms with Gasteiger partial charge in [0, 0.05) is 12.6 Å². The van der Waals surface area contributed by atoms with Crippen molar-refractivity contribution in [2.24, 2.45) is 10.7 Å². The van der Waals surface area contributed by atoms with Crippen molar-refractivity contribution in [1.29, 1.82) is 0 Å². The highest BCUT2D eigenvalue weighted by Crippen LogP contribution is 2.09. The van der Waals surface area contributed by atoms with Gasteiger partial charge in [0.25, 0.3) is 0 Å². The number of hydrogen-bond acceptors (Lipinski definition) is 3.